The Morgan fingerprint density at radius 2 is 2.42 bits per heavy atom. The van der Waals surface area contributed by atoms with Crippen molar-refractivity contribution in [3.63, 3.8) is 0 Å². The summed E-state index contributed by atoms with van der Waals surface area (Å²) in [5.41, 5.74) is 0. The van der Waals surface area contributed by atoms with Crippen molar-refractivity contribution >= 4 is 11.6 Å². The second-order valence-corrected chi connectivity index (χ2v) is 4.19. The largest absolute Gasteiger partial charge is 0.378 e. The van der Waals surface area contributed by atoms with Crippen LogP contribution in [-0.4, -0.2) is 18.1 Å². The smallest absolute Gasteiger partial charge is 0.0576 e. The fourth-order valence-electron chi connectivity index (χ4n) is 1.64. The lowest BCUT2D eigenvalue weighted by atomic mass is 10.1. The highest BCUT2D eigenvalue weighted by atomic mass is 35.5. The molecule has 1 heterocycles. The Kier molecular flexibility index (Phi) is 5.01. The molecule has 2 heteroatoms. The van der Waals surface area contributed by atoms with Crippen LogP contribution in [0.2, 0.25) is 0 Å². The minimum absolute atomic E-state index is 0.381. The van der Waals surface area contributed by atoms with Crippen molar-refractivity contribution in [1.82, 2.24) is 0 Å². The van der Waals surface area contributed by atoms with Gasteiger partial charge in [0.2, 0.25) is 0 Å². The van der Waals surface area contributed by atoms with Gasteiger partial charge in [0.1, 0.15) is 0 Å². The predicted octanol–water partition coefficient (Wildman–Crippen LogP) is 3.35. The summed E-state index contributed by atoms with van der Waals surface area (Å²) in [6.07, 6.45) is 7.74. The fourth-order valence-corrected chi connectivity index (χ4v) is 1.80. The van der Waals surface area contributed by atoms with E-state index in [0.29, 0.717) is 11.5 Å². The van der Waals surface area contributed by atoms with E-state index in [0.717, 1.165) is 19.4 Å². The molecule has 1 aliphatic heterocycles. The Bertz CT molecular complexity index is 110. The maximum Gasteiger partial charge on any atom is 0.0576 e. The van der Waals surface area contributed by atoms with E-state index in [1.54, 1.807) is 0 Å². The normalized spacial score (nSPS) is 26.0. The number of hydrogen-bond donors (Lipinski definition) is 0. The van der Waals surface area contributed by atoms with E-state index in [1.807, 2.05) is 0 Å². The van der Waals surface area contributed by atoms with Gasteiger partial charge in [-0.05, 0) is 38.5 Å². The summed E-state index contributed by atoms with van der Waals surface area (Å²) in [5.74, 6) is 0. The summed E-state index contributed by atoms with van der Waals surface area (Å²) in [7, 11) is 0. The van der Waals surface area contributed by atoms with E-state index >= 15 is 0 Å². The molecule has 0 aromatic carbocycles. The molecule has 0 aliphatic carbocycles. The van der Waals surface area contributed by atoms with Crippen molar-refractivity contribution in [2.24, 2.45) is 0 Å². The van der Waals surface area contributed by atoms with E-state index < -0.39 is 0 Å². The molecule has 0 spiro atoms. The number of alkyl halides is 1. The van der Waals surface area contributed by atoms with E-state index in [4.69, 9.17) is 16.3 Å². The van der Waals surface area contributed by atoms with Gasteiger partial charge in [-0.15, -0.1) is 11.6 Å². The van der Waals surface area contributed by atoms with E-state index in [1.165, 1.54) is 25.7 Å². The second kappa shape index (κ2) is 5.82. The summed E-state index contributed by atoms with van der Waals surface area (Å²) in [4.78, 5) is 0. The Hall–Kier alpha value is 0.250. The van der Waals surface area contributed by atoms with Gasteiger partial charge in [0.25, 0.3) is 0 Å². The molecule has 2 unspecified atom stereocenters. The van der Waals surface area contributed by atoms with Gasteiger partial charge < -0.3 is 4.74 Å². The molecular weight excluding hydrogens is 172 g/mol. The lowest BCUT2D eigenvalue weighted by Gasteiger charge is -2.10. The SMILES string of the molecule is CCC(Cl)CCCC1CCCO1. The maximum absolute atomic E-state index is 6.01. The van der Waals surface area contributed by atoms with Gasteiger partial charge in [0.05, 0.1) is 6.10 Å². The van der Waals surface area contributed by atoms with Crippen LogP contribution in [-0.2, 0) is 4.74 Å². The first kappa shape index (κ1) is 10.3. The number of ether oxygens (including phenoxy) is 1. The lowest BCUT2D eigenvalue weighted by Crippen LogP contribution is -2.06. The van der Waals surface area contributed by atoms with Crippen molar-refractivity contribution in [2.45, 2.75) is 56.9 Å². The molecule has 0 aromatic heterocycles. The first-order valence-electron chi connectivity index (χ1n) is 5.08. The molecule has 0 aromatic rings. The molecule has 0 bridgehead atoms. The molecule has 1 saturated heterocycles. The predicted molar refractivity (Wildman–Crippen MR) is 52.8 cm³/mol. The average molecular weight is 191 g/mol. The number of rotatable bonds is 5. The molecule has 72 valence electrons. The van der Waals surface area contributed by atoms with Crippen molar-refractivity contribution < 1.29 is 4.74 Å². The molecule has 12 heavy (non-hydrogen) atoms. The number of hydrogen-bond acceptors (Lipinski definition) is 1. The summed E-state index contributed by atoms with van der Waals surface area (Å²) in [5, 5.41) is 0.381. The average Bonchev–Trinajstić information content (AvgIpc) is 2.57. The summed E-state index contributed by atoms with van der Waals surface area (Å²) in [6, 6.07) is 0. The van der Waals surface area contributed by atoms with Crippen molar-refractivity contribution in [1.29, 1.82) is 0 Å². The van der Waals surface area contributed by atoms with Gasteiger partial charge in [-0.2, -0.15) is 0 Å². The molecular formula is C10H19ClO. The van der Waals surface area contributed by atoms with Gasteiger partial charge in [-0.3, -0.25) is 0 Å². The summed E-state index contributed by atoms with van der Waals surface area (Å²) in [6.45, 7) is 3.12. The zero-order valence-electron chi connectivity index (χ0n) is 7.89. The first-order chi connectivity index (χ1) is 5.83. The van der Waals surface area contributed by atoms with E-state index in [-0.39, 0.29) is 0 Å². The molecule has 0 radical (unpaired) electrons. The Balaban J connectivity index is 1.94. The fraction of sp³-hybridized carbons (Fsp3) is 1.00. The van der Waals surface area contributed by atoms with Crippen LogP contribution in [0, 0.1) is 0 Å². The highest BCUT2D eigenvalue weighted by Crippen LogP contribution is 2.19. The Morgan fingerprint density at radius 1 is 1.58 bits per heavy atom. The molecule has 0 amide bonds. The molecule has 1 fully saturated rings. The Labute approximate surface area is 80.4 Å². The van der Waals surface area contributed by atoms with E-state index in [9.17, 15) is 0 Å². The quantitative estimate of drug-likeness (QED) is 0.605. The molecule has 0 saturated carbocycles. The second-order valence-electron chi connectivity index (χ2n) is 3.57. The standard InChI is InChI=1S/C10H19ClO/c1-2-9(11)5-3-6-10-7-4-8-12-10/h9-10H,2-8H2,1H3. The zero-order valence-corrected chi connectivity index (χ0v) is 8.65. The maximum atomic E-state index is 6.01. The highest BCUT2D eigenvalue weighted by molar-refractivity contribution is 6.20. The van der Waals surface area contributed by atoms with Crippen LogP contribution < -0.4 is 0 Å². The van der Waals surface area contributed by atoms with Gasteiger partial charge in [0, 0.05) is 12.0 Å². The van der Waals surface area contributed by atoms with Gasteiger partial charge in [-0.25, -0.2) is 0 Å². The Morgan fingerprint density at radius 3 is 3.00 bits per heavy atom. The van der Waals surface area contributed by atoms with Crippen LogP contribution in [0.5, 0.6) is 0 Å². The third-order valence-corrected chi connectivity index (χ3v) is 3.04. The molecule has 2 atom stereocenters. The molecule has 0 N–H and O–H groups in total. The van der Waals surface area contributed by atoms with E-state index in [2.05, 4.69) is 6.92 Å². The third-order valence-electron chi connectivity index (χ3n) is 2.51. The van der Waals surface area contributed by atoms with Crippen LogP contribution in [0.25, 0.3) is 0 Å². The van der Waals surface area contributed by atoms with Crippen LogP contribution in [0.15, 0.2) is 0 Å². The third kappa shape index (κ3) is 3.77. The topological polar surface area (TPSA) is 9.23 Å². The van der Waals surface area contributed by atoms with Gasteiger partial charge in [0.15, 0.2) is 0 Å². The first-order valence-corrected chi connectivity index (χ1v) is 5.52. The van der Waals surface area contributed by atoms with Gasteiger partial charge in [-0.1, -0.05) is 6.92 Å². The monoisotopic (exact) mass is 190 g/mol. The lowest BCUT2D eigenvalue weighted by molar-refractivity contribution is 0.102. The van der Waals surface area contributed by atoms with Crippen LogP contribution >= 0.6 is 11.6 Å². The minimum Gasteiger partial charge on any atom is -0.378 e. The van der Waals surface area contributed by atoms with Gasteiger partial charge >= 0.3 is 0 Å². The molecule has 1 aliphatic rings. The minimum atomic E-state index is 0.381. The summed E-state index contributed by atoms with van der Waals surface area (Å²) < 4.78 is 5.53. The van der Waals surface area contributed by atoms with Crippen LogP contribution in [0.4, 0.5) is 0 Å². The van der Waals surface area contributed by atoms with Crippen LogP contribution in [0.3, 0.4) is 0 Å². The molecule has 1 nitrogen and oxygen atoms in total. The van der Waals surface area contributed by atoms with Crippen molar-refractivity contribution in [2.75, 3.05) is 6.61 Å². The van der Waals surface area contributed by atoms with Crippen LogP contribution in [0.1, 0.15) is 45.4 Å². The molecule has 1 rings (SSSR count). The highest BCUT2D eigenvalue weighted by Gasteiger charge is 2.14. The van der Waals surface area contributed by atoms with Crippen molar-refractivity contribution in [3.05, 3.63) is 0 Å². The number of halogens is 1. The van der Waals surface area contributed by atoms with Crippen molar-refractivity contribution in [3.8, 4) is 0 Å². The summed E-state index contributed by atoms with van der Waals surface area (Å²) >= 11 is 6.01. The zero-order chi connectivity index (χ0) is 8.81.